The van der Waals surface area contributed by atoms with Gasteiger partial charge in [0.15, 0.2) is 0 Å². The number of carbonyl (C=O) groups excluding carboxylic acids is 1. The van der Waals surface area contributed by atoms with E-state index in [0.717, 1.165) is 13.1 Å². The van der Waals surface area contributed by atoms with Crippen LogP contribution in [0.15, 0.2) is 0 Å². The second-order valence-electron chi connectivity index (χ2n) is 6.10. The summed E-state index contributed by atoms with van der Waals surface area (Å²) in [6.45, 7) is 6.05. The molecule has 1 aliphatic heterocycles. The Morgan fingerprint density at radius 1 is 1.39 bits per heavy atom. The van der Waals surface area contributed by atoms with Crippen LogP contribution >= 0.6 is 0 Å². The summed E-state index contributed by atoms with van der Waals surface area (Å²) < 4.78 is 5.64. The summed E-state index contributed by atoms with van der Waals surface area (Å²) in [5.74, 6) is 0.685. The number of rotatable bonds is 5. The van der Waals surface area contributed by atoms with Crippen molar-refractivity contribution < 1.29 is 9.53 Å². The van der Waals surface area contributed by atoms with Crippen LogP contribution in [0.4, 0.5) is 0 Å². The Morgan fingerprint density at radius 2 is 2.06 bits per heavy atom. The first kappa shape index (κ1) is 13.8. The Kier molecular flexibility index (Phi) is 4.62. The van der Waals surface area contributed by atoms with Gasteiger partial charge in [0.1, 0.15) is 6.61 Å². The minimum absolute atomic E-state index is 0.0289. The van der Waals surface area contributed by atoms with Gasteiger partial charge in [0, 0.05) is 19.1 Å². The van der Waals surface area contributed by atoms with E-state index < -0.39 is 0 Å². The molecule has 0 spiro atoms. The van der Waals surface area contributed by atoms with E-state index >= 15 is 0 Å². The first-order valence-electron chi connectivity index (χ1n) is 7.23. The molecular formula is C14H26N2O2. The highest BCUT2D eigenvalue weighted by atomic mass is 16.5. The van der Waals surface area contributed by atoms with E-state index in [-0.39, 0.29) is 24.2 Å². The zero-order valence-electron chi connectivity index (χ0n) is 11.6. The van der Waals surface area contributed by atoms with Crippen LogP contribution in [0.5, 0.6) is 0 Å². The number of hydrogen-bond acceptors (Lipinski definition) is 3. The first-order valence-corrected chi connectivity index (χ1v) is 7.23. The number of ether oxygens (including phenoxy) is 1. The van der Waals surface area contributed by atoms with Crippen molar-refractivity contribution in [2.45, 2.75) is 57.6 Å². The molecule has 0 unspecified atom stereocenters. The Morgan fingerprint density at radius 3 is 2.61 bits per heavy atom. The molecule has 2 fully saturated rings. The molecule has 2 rings (SSSR count). The maximum atomic E-state index is 11.8. The predicted molar refractivity (Wildman–Crippen MR) is 71.4 cm³/mol. The molecule has 1 saturated carbocycles. The molecule has 0 bridgehead atoms. The van der Waals surface area contributed by atoms with Crippen molar-refractivity contribution in [2.75, 3.05) is 19.7 Å². The highest BCUT2D eigenvalue weighted by molar-refractivity contribution is 5.77. The van der Waals surface area contributed by atoms with Crippen LogP contribution in [0.3, 0.4) is 0 Å². The molecule has 1 saturated heterocycles. The average Bonchev–Trinajstić information content (AvgIpc) is 2.35. The second-order valence-corrected chi connectivity index (χ2v) is 6.10. The van der Waals surface area contributed by atoms with E-state index in [4.69, 9.17) is 4.74 Å². The zero-order valence-corrected chi connectivity index (χ0v) is 11.6. The predicted octanol–water partition coefficient (Wildman–Crippen LogP) is 1.45. The third kappa shape index (κ3) is 3.69. The lowest BCUT2D eigenvalue weighted by Gasteiger charge is -2.39. The lowest BCUT2D eigenvalue weighted by Crippen LogP contribution is -2.59. The summed E-state index contributed by atoms with van der Waals surface area (Å²) in [5, 5.41) is 6.25. The van der Waals surface area contributed by atoms with Crippen molar-refractivity contribution in [1.82, 2.24) is 10.6 Å². The Hall–Kier alpha value is -0.610. The van der Waals surface area contributed by atoms with E-state index in [1.54, 1.807) is 0 Å². The van der Waals surface area contributed by atoms with Gasteiger partial charge in [-0.3, -0.25) is 4.79 Å². The van der Waals surface area contributed by atoms with Crippen molar-refractivity contribution in [2.24, 2.45) is 5.92 Å². The van der Waals surface area contributed by atoms with Crippen LogP contribution in [-0.2, 0) is 9.53 Å². The van der Waals surface area contributed by atoms with Crippen molar-refractivity contribution >= 4 is 5.91 Å². The molecular weight excluding hydrogens is 228 g/mol. The molecule has 1 amide bonds. The molecule has 104 valence electrons. The van der Waals surface area contributed by atoms with Crippen LogP contribution in [0, 0.1) is 5.92 Å². The lowest BCUT2D eigenvalue weighted by molar-refractivity contribution is -0.136. The van der Waals surface area contributed by atoms with E-state index in [9.17, 15) is 4.79 Å². The minimum Gasteiger partial charge on any atom is -0.363 e. The molecule has 0 radical (unpaired) electrons. The van der Waals surface area contributed by atoms with Crippen LogP contribution in [0.2, 0.25) is 0 Å². The molecule has 4 heteroatoms. The number of nitrogens with one attached hydrogen (secondary N) is 2. The van der Waals surface area contributed by atoms with E-state index in [1.807, 2.05) is 6.92 Å². The highest BCUT2D eigenvalue weighted by Gasteiger charge is 2.33. The molecule has 2 N–H and O–H groups in total. The van der Waals surface area contributed by atoms with Crippen molar-refractivity contribution in [3.8, 4) is 0 Å². The Labute approximate surface area is 110 Å². The van der Waals surface area contributed by atoms with Gasteiger partial charge in [-0.25, -0.2) is 0 Å². The molecule has 1 atom stereocenters. The normalized spacial score (nSPS) is 25.2. The van der Waals surface area contributed by atoms with Gasteiger partial charge in [-0.15, -0.1) is 0 Å². The molecule has 1 aliphatic carbocycles. The van der Waals surface area contributed by atoms with Gasteiger partial charge < -0.3 is 15.4 Å². The summed E-state index contributed by atoms with van der Waals surface area (Å²) >= 11 is 0. The van der Waals surface area contributed by atoms with Crippen molar-refractivity contribution in [3.63, 3.8) is 0 Å². The second kappa shape index (κ2) is 6.02. The van der Waals surface area contributed by atoms with E-state index in [0.29, 0.717) is 5.92 Å². The number of hydrogen-bond donors (Lipinski definition) is 2. The molecule has 2 aliphatic rings. The smallest absolute Gasteiger partial charge is 0.246 e. The third-order valence-corrected chi connectivity index (χ3v) is 4.30. The van der Waals surface area contributed by atoms with Gasteiger partial charge >= 0.3 is 0 Å². The topological polar surface area (TPSA) is 50.4 Å². The first-order chi connectivity index (χ1) is 8.59. The van der Waals surface area contributed by atoms with E-state index in [1.165, 1.54) is 32.1 Å². The molecule has 1 heterocycles. The van der Waals surface area contributed by atoms with Gasteiger partial charge in [0.05, 0.1) is 5.60 Å². The van der Waals surface area contributed by atoms with Gasteiger partial charge in [-0.2, -0.15) is 0 Å². The summed E-state index contributed by atoms with van der Waals surface area (Å²) in [5.41, 5.74) is -0.134. The Bertz CT molecular complexity index is 284. The number of amides is 1. The van der Waals surface area contributed by atoms with Crippen LogP contribution < -0.4 is 10.6 Å². The minimum atomic E-state index is -0.134. The molecule has 0 aromatic carbocycles. The highest BCUT2D eigenvalue weighted by Crippen LogP contribution is 2.26. The van der Waals surface area contributed by atoms with Crippen LogP contribution in [0.1, 0.15) is 46.0 Å². The third-order valence-electron chi connectivity index (χ3n) is 4.30. The van der Waals surface area contributed by atoms with Gasteiger partial charge in [0.25, 0.3) is 0 Å². The summed E-state index contributed by atoms with van der Waals surface area (Å²) in [6.07, 6.45) is 6.48. The summed E-state index contributed by atoms with van der Waals surface area (Å²) in [6, 6.07) is 0.286. The summed E-state index contributed by atoms with van der Waals surface area (Å²) in [7, 11) is 0. The Balaban J connectivity index is 1.66. The molecule has 0 aromatic rings. The average molecular weight is 254 g/mol. The van der Waals surface area contributed by atoms with E-state index in [2.05, 4.69) is 17.6 Å². The quantitative estimate of drug-likeness (QED) is 0.781. The van der Waals surface area contributed by atoms with Crippen molar-refractivity contribution in [1.29, 1.82) is 0 Å². The van der Waals surface area contributed by atoms with Gasteiger partial charge in [-0.05, 0) is 32.6 Å². The molecule has 4 nitrogen and oxygen atoms in total. The van der Waals surface area contributed by atoms with Gasteiger partial charge in [-0.1, -0.05) is 19.3 Å². The maximum Gasteiger partial charge on any atom is 0.246 e. The molecule has 0 aromatic heterocycles. The fraction of sp³-hybridized carbons (Fsp3) is 0.929. The largest absolute Gasteiger partial charge is 0.363 e. The molecule has 18 heavy (non-hydrogen) atoms. The van der Waals surface area contributed by atoms with Crippen LogP contribution in [-0.4, -0.2) is 37.2 Å². The monoisotopic (exact) mass is 254 g/mol. The number of carbonyl (C=O) groups is 1. The maximum absolute atomic E-state index is 11.8. The zero-order chi connectivity index (χ0) is 13.0. The lowest BCUT2D eigenvalue weighted by atomic mass is 9.84. The fourth-order valence-corrected chi connectivity index (χ4v) is 2.87. The fourth-order valence-electron chi connectivity index (χ4n) is 2.87. The summed E-state index contributed by atoms with van der Waals surface area (Å²) in [4.78, 5) is 11.8. The standard InChI is InChI=1S/C14H26N2O2/c1-11(12-6-4-3-5-7-12)16-13(17)8-18-14(2)9-15-10-14/h11-12,15H,3-10H2,1-2H3,(H,16,17)/t11-/m1/s1. The SMILES string of the molecule is C[C@@H](NC(=O)COC1(C)CNC1)C1CCCCC1. The van der Waals surface area contributed by atoms with Gasteiger partial charge in [0.2, 0.25) is 5.91 Å². The van der Waals surface area contributed by atoms with Crippen LogP contribution in [0.25, 0.3) is 0 Å². The van der Waals surface area contributed by atoms with Crippen molar-refractivity contribution in [3.05, 3.63) is 0 Å².